The maximum Gasteiger partial charge on any atom is 0.246 e. The zero-order valence-electron chi connectivity index (χ0n) is 15.8. The van der Waals surface area contributed by atoms with Crippen molar-refractivity contribution in [2.24, 2.45) is 5.92 Å². The van der Waals surface area contributed by atoms with Gasteiger partial charge in [0.05, 0.1) is 30.5 Å². The van der Waals surface area contributed by atoms with Crippen molar-refractivity contribution in [1.82, 2.24) is 9.21 Å². The molecule has 1 aromatic carbocycles. The third-order valence-electron chi connectivity index (χ3n) is 5.09. The van der Waals surface area contributed by atoms with E-state index < -0.39 is 27.9 Å². The van der Waals surface area contributed by atoms with Gasteiger partial charge in [0, 0.05) is 19.3 Å². The van der Waals surface area contributed by atoms with Crippen LogP contribution in [-0.4, -0.2) is 61.9 Å². The Bertz CT molecular complexity index is 866. The Morgan fingerprint density at radius 3 is 2.52 bits per heavy atom. The molecule has 8 heteroatoms. The lowest BCUT2D eigenvalue weighted by atomic mass is 9.96. The van der Waals surface area contributed by atoms with Crippen LogP contribution in [0, 0.1) is 5.92 Å². The maximum atomic E-state index is 13.0. The zero-order valence-corrected chi connectivity index (χ0v) is 16.6. The second-order valence-electron chi connectivity index (χ2n) is 7.07. The van der Waals surface area contributed by atoms with E-state index in [4.69, 9.17) is 0 Å². The van der Waals surface area contributed by atoms with Crippen molar-refractivity contribution in [2.45, 2.75) is 25.8 Å². The molecule has 0 unspecified atom stereocenters. The highest BCUT2D eigenvalue weighted by atomic mass is 32.2. The van der Waals surface area contributed by atoms with Gasteiger partial charge >= 0.3 is 0 Å². The molecule has 146 valence electrons. The van der Waals surface area contributed by atoms with E-state index in [2.05, 4.69) is 0 Å². The molecule has 0 aliphatic carbocycles. The van der Waals surface area contributed by atoms with Crippen LogP contribution >= 0.6 is 0 Å². The molecule has 1 aromatic rings. The van der Waals surface area contributed by atoms with Crippen LogP contribution < -0.4 is 4.90 Å². The summed E-state index contributed by atoms with van der Waals surface area (Å²) in [6.45, 7) is 2.43. The average molecular weight is 391 g/mol. The first kappa shape index (κ1) is 19.4. The summed E-state index contributed by atoms with van der Waals surface area (Å²) >= 11 is 0. The summed E-state index contributed by atoms with van der Waals surface area (Å²) in [4.78, 5) is 29.2. The fourth-order valence-electron chi connectivity index (χ4n) is 3.90. The summed E-state index contributed by atoms with van der Waals surface area (Å²) < 4.78 is 25.2. The van der Waals surface area contributed by atoms with Crippen LogP contribution in [0.1, 0.15) is 19.8 Å². The van der Waals surface area contributed by atoms with Crippen molar-refractivity contribution in [3.8, 4) is 0 Å². The first-order chi connectivity index (χ1) is 12.8. The quantitative estimate of drug-likeness (QED) is 0.733. The lowest BCUT2D eigenvalue weighted by molar-refractivity contribution is -0.132. The summed E-state index contributed by atoms with van der Waals surface area (Å²) in [5.41, 5.74) is 1.35. The Morgan fingerprint density at radius 2 is 1.93 bits per heavy atom. The van der Waals surface area contributed by atoms with Crippen LogP contribution in [0.2, 0.25) is 0 Å². The maximum absolute atomic E-state index is 13.0. The third-order valence-corrected chi connectivity index (χ3v) is 6.14. The van der Waals surface area contributed by atoms with Gasteiger partial charge in [0.2, 0.25) is 21.8 Å². The molecule has 1 saturated heterocycles. The van der Waals surface area contributed by atoms with Crippen molar-refractivity contribution >= 4 is 27.5 Å². The van der Waals surface area contributed by atoms with Gasteiger partial charge in [-0.1, -0.05) is 31.5 Å². The second-order valence-corrected chi connectivity index (χ2v) is 8.90. The highest BCUT2D eigenvalue weighted by molar-refractivity contribution is 7.89. The molecule has 2 atom stereocenters. The number of anilines is 1. The van der Waals surface area contributed by atoms with Crippen LogP contribution in [-0.2, 0) is 19.6 Å². The van der Waals surface area contributed by atoms with Gasteiger partial charge in [-0.05, 0) is 24.6 Å². The summed E-state index contributed by atoms with van der Waals surface area (Å²) in [5, 5.41) is 0. The van der Waals surface area contributed by atoms with Gasteiger partial charge in [0.1, 0.15) is 0 Å². The molecule has 3 rings (SSSR count). The molecular weight excluding hydrogens is 366 g/mol. The standard InChI is InChI=1S/C19H25N3O4S/c1-4-8-15-18-16(22(19(15)24)27(3,25)26)11-12-21(18)17(23)13-20(2)14-9-6-5-7-10-14/h5-7,9-11,15,18H,4,8,12-13H2,1-3H3/t15-,18-/m1/s1. The first-order valence-corrected chi connectivity index (χ1v) is 10.9. The van der Waals surface area contributed by atoms with E-state index in [-0.39, 0.29) is 12.5 Å². The minimum atomic E-state index is -3.71. The number of carbonyl (C=O) groups excluding carboxylic acids is 2. The van der Waals surface area contributed by atoms with E-state index >= 15 is 0 Å². The van der Waals surface area contributed by atoms with Gasteiger partial charge < -0.3 is 9.80 Å². The van der Waals surface area contributed by atoms with E-state index in [1.54, 1.807) is 11.0 Å². The van der Waals surface area contributed by atoms with Crippen LogP contribution in [0.4, 0.5) is 5.69 Å². The Hall–Kier alpha value is -2.35. The molecular formula is C19H25N3O4S. The van der Waals surface area contributed by atoms with Crippen LogP contribution in [0.15, 0.2) is 42.1 Å². The average Bonchev–Trinajstić information content (AvgIpc) is 3.14. The van der Waals surface area contributed by atoms with E-state index in [9.17, 15) is 18.0 Å². The summed E-state index contributed by atoms with van der Waals surface area (Å²) in [6.07, 6.45) is 4.01. The van der Waals surface area contributed by atoms with Crippen molar-refractivity contribution in [3.05, 3.63) is 42.1 Å². The summed E-state index contributed by atoms with van der Waals surface area (Å²) in [5.74, 6) is -1.06. The van der Waals surface area contributed by atoms with Crippen molar-refractivity contribution in [3.63, 3.8) is 0 Å². The van der Waals surface area contributed by atoms with Crippen LogP contribution in [0.5, 0.6) is 0 Å². The normalized spacial score (nSPS) is 22.0. The molecule has 2 amide bonds. The number of benzene rings is 1. The Labute approximate surface area is 160 Å². The number of amides is 2. The number of para-hydroxylation sites is 1. The lowest BCUT2D eigenvalue weighted by Gasteiger charge is -2.29. The fraction of sp³-hybridized carbons (Fsp3) is 0.474. The SMILES string of the molecule is CCC[C@H]1C(=O)N(S(C)(=O)=O)C2=CCN(C(=O)CN(C)c3ccccc3)[C@@H]21. The third kappa shape index (κ3) is 3.58. The molecule has 0 aromatic heterocycles. The van der Waals surface area contributed by atoms with E-state index in [1.165, 1.54) is 0 Å². The minimum Gasteiger partial charge on any atom is -0.365 e. The van der Waals surface area contributed by atoms with E-state index in [0.29, 0.717) is 18.7 Å². The van der Waals surface area contributed by atoms with Crippen LogP contribution in [0.3, 0.4) is 0 Å². The highest BCUT2D eigenvalue weighted by Crippen LogP contribution is 2.40. The van der Waals surface area contributed by atoms with Gasteiger partial charge in [-0.25, -0.2) is 12.7 Å². The second kappa shape index (κ2) is 7.34. The van der Waals surface area contributed by atoms with Gasteiger partial charge in [-0.15, -0.1) is 0 Å². The highest BCUT2D eigenvalue weighted by Gasteiger charge is 2.53. The van der Waals surface area contributed by atoms with Crippen molar-refractivity contribution < 1.29 is 18.0 Å². The fourth-order valence-corrected chi connectivity index (χ4v) is 4.92. The van der Waals surface area contributed by atoms with Crippen molar-refractivity contribution in [2.75, 3.05) is 31.3 Å². The molecule has 0 spiro atoms. The lowest BCUT2D eigenvalue weighted by Crippen LogP contribution is -2.45. The predicted molar refractivity (Wildman–Crippen MR) is 103 cm³/mol. The molecule has 2 heterocycles. The van der Waals surface area contributed by atoms with Crippen molar-refractivity contribution in [1.29, 1.82) is 0 Å². The van der Waals surface area contributed by atoms with Gasteiger partial charge in [0.15, 0.2) is 0 Å². The molecule has 0 saturated carbocycles. The van der Waals surface area contributed by atoms with Crippen LogP contribution in [0.25, 0.3) is 0 Å². The Balaban J connectivity index is 1.82. The van der Waals surface area contributed by atoms with E-state index in [1.807, 2.05) is 49.2 Å². The first-order valence-electron chi connectivity index (χ1n) is 9.05. The number of nitrogens with zero attached hydrogens (tertiary/aromatic N) is 3. The number of likely N-dealkylation sites (N-methyl/N-ethyl adjacent to an activating group) is 1. The number of carbonyl (C=O) groups is 2. The molecule has 27 heavy (non-hydrogen) atoms. The molecule has 2 aliphatic rings. The minimum absolute atomic E-state index is 0.123. The number of sulfonamides is 1. The predicted octanol–water partition coefficient (Wildman–Crippen LogP) is 1.44. The molecule has 0 radical (unpaired) electrons. The Kier molecular flexibility index (Phi) is 5.28. The molecule has 0 bridgehead atoms. The molecule has 0 N–H and O–H groups in total. The van der Waals surface area contributed by atoms with Gasteiger partial charge in [-0.3, -0.25) is 9.59 Å². The summed E-state index contributed by atoms with van der Waals surface area (Å²) in [6, 6.07) is 9.07. The van der Waals surface area contributed by atoms with E-state index in [0.717, 1.165) is 22.7 Å². The number of fused-ring (bicyclic) bond motifs is 1. The topological polar surface area (TPSA) is 78.0 Å². The largest absolute Gasteiger partial charge is 0.365 e. The number of rotatable bonds is 6. The molecule has 1 fully saturated rings. The van der Waals surface area contributed by atoms with Gasteiger partial charge in [-0.2, -0.15) is 0 Å². The number of hydrogen-bond acceptors (Lipinski definition) is 5. The molecule has 7 nitrogen and oxygen atoms in total. The number of hydrogen-bond donors (Lipinski definition) is 0. The monoisotopic (exact) mass is 391 g/mol. The summed E-state index contributed by atoms with van der Waals surface area (Å²) in [7, 11) is -1.87. The smallest absolute Gasteiger partial charge is 0.246 e. The van der Waals surface area contributed by atoms with Gasteiger partial charge in [0.25, 0.3) is 0 Å². The zero-order chi connectivity index (χ0) is 19.8. The Morgan fingerprint density at radius 1 is 1.26 bits per heavy atom. The molecule has 2 aliphatic heterocycles.